The molecule has 4 aromatic rings. The van der Waals surface area contributed by atoms with Gasteiger partial charge in [-0.15, -0.1) is 0 Å². The second-order valence-corrected chi connectivity index (χ2v) is 8.14. The predicted molar refractivity (Wildman–Crippen MR) is 105 cm³/mol. The SMILES string of the molecule is c1ccc2c(c1)oc1c(-c3cc(C45CCC(CC4)C5)ccn3)cccc12. The van der Waals surface area contributed by atoms with Crippen molar-refractivity contribution in [2.24, 2.45) is 5.92 Å². The van der Waals surface area contributed by atoms with E-state index in [0.717, 1.165) is 28.3 Å². The number of benzene rings is 2. The maximum atomic E-state index is 6.22. The van der Waals surface area contributed by atoms with E-state index in [9.17, 15) is 0 Å². The lowest BCUT2D eigenvalue weighted by atomic mass is 9.78. The first-order valence-electron chi connectivity index (χ1n) is 9.70. The zero-order chi connectivity index (χ0) is 17.1. The van der Waals surface area contributed by atoms with E-state index in [1.807, 2.05) is 18.3 Å². The van der Waals surface area contributed by atoms with Gasteiger partial charge in [0.05, 0.1) is 5.69 Å². The van der Waals surface area contributed by atoms with Gasteiger partial charge < -0.3 is 4.42 Å². The van der Waals surface area contributed by atoms with Crippen LogP contribution in [0.25, 0.3) is 33.2 Å². The number of rotatable bonds is 2. The molecule has 2 fully saturated rings. The Bertz CT molecular complexity index is 1130. The van der Waals surface area contributed by atoms with Gasteiger partial charge in [0.25, 0.3) is 0 Å². The van der Waals surface area contributed by atoms with Crippen LogP contribution < -0.4 is 0 Å². The van der Waals surface area contributed by atoms with Gasteiger partial charge in [0.1, 0.15) is 11.2 Å². The number of hydrogen-bond acceptors (Lipinski definition) is 2. The van der Waals surface area contributed by atoms with E-state index in [-0.39, 0.29) is 0 Å². The number of para-hydroxylation sites is 2. The van der Waals surface area contributed by atoms with Gasteiger partial charge in [-0.3, -0.25) is 4.98 Å². The number of pyridine rings is 1. The maximum Gasteiger partial charge on any atom is 0.144 e. The molecule has 2 saturated carbocycles. The average Bonchev–Trinajstić information content (AvgIpc) is 3.41. The molecule has 2 aliphatic rings. The summed E-state index contributed by atoms with van der Waals surface area (Å²) in [6.07, 6.45) is 8.84. The van der Waals surface area contributed by atoms with Crippen LogP contribution in [0.5, 0.6) is 0 Å². The summed E-state index contributed by atoms with van der Waals surface area (Å²) in [6, 6.07) is 19.2. The molecule has 2 aromatic heterocycles. The quantitative estimate of drug-likeness (QED) is 0.418. The van der Waals surface area contributed by atoms with E-state index in [1.54, 1.807) is 0 Å². The average molecular weight is 339 g/mol. The Balaban J connectivity index is 1.54. The molecule has 2 bridgehead atoms. The lowest BCUT2D eigenvalue weighted by Crippen LogP contribution is -2.19. The molecular formula is C24H21NO. The Morgan fingerprint density at radius 3 is 2.62 bits per heavy atom. The molecule has 2 heteroatoms. The minimum atomic E-state index is 0.407. The summed E-state index contributed by atoms with van der Waals surface area (Å²) in [5.74, 6) is 0.949. The van der Waals surface area contributed by atoms with E-state index in [1.165, 1.54) is 48.4 Å². The first-order valence-corrected chi connectivity index (χ1v) is 9.70. The molecule has 2 aromatic carbocycles. The Morgan fingerprint density at radius 1 is 0.923 bits per heavy atom. The van der Waals surface area contributed by atoms with Gasteiger partial charge in [-0.1, -0.05) is 30.3 Å². The van der Waals surface area contributed by atoms with Crippen molar-refractivity contribution in [3.05, 3.63) is 66.4 Å². The Kier molecular flexibility index (Phi) is 2.91. The third kappa shape index (κ3) is 1.96. The lowest BCUT2D eigenvalue weighted by Gasteiger charge is -2.27. The number of nitrogens with zero attached hydrogens (tertiary/aromatic N) is 1. The Labute approximate surface area is 152 Å². The highest BCUT2D eigenvalue weighted by Crippen LogP contribution is 2.55. The van der Waals surface area contributed by atoms with Crippen LogP contribution in [-0.4, -0.2) is 4.98 Å². The summed E-state index contributed by atoms with van der Waals surface area (Å²) < 4.78 is 6.22. The smallest absolute Gasteiger partial charge is 0.144 e. The first kappa shape index (κ1) is 14.5. The van der Waals surface area contributed by atoms with Crippen LogP contribution in [0.3, 0.4) is 0 Å². The van der Waals surface area contributed by atoms with Gasteiger partial charge in [-0.05, 0) is 73.3 Å². The number of furan rings is 1. The molecule has 2 heterocycles. The van der Waals surface area contributed by atoms with E-state index >= 15 is 0 Å². The highest BCUT2D eigenvalue weighted by molar-refractivity contribution is 6.09. The topological polar surface area (TPSA) is 26.0 Å². The normalized spacial score (nSPS) is 24.7. The molecule has 0 spiro atoms. The molecule has 0 aliphatic heterocycles. The van der Waals surface area contributed by atoms with Crippen LogP contribution in [0.2, 0.25) is 0 Å². The van der Waals surface area contributed by atoms with Crippen molar-refractivity contribution in [3.63, 3.8) is 0 Å². The van der Waals surface area contributed by atoms with Crippen molar-refractivity contribution in [1.82, 2.24) is 4.98 Å². The lowest BCUT2D eigenvalue weighted by molar-refractivity contribution is 0.419. The van der Waals surface area contributed by atoms with Crippen molar-refractivity contribution in [2.45, 2.75) is 37.5 Å². The van der Waals surface area contributed by atoms with Crippen molar-refractivity contribution in [2.75, 3.05) is 0 Å². The largest absolute Gasteiger partial charge is 0.455 e. The zero-order valence-corrected chi connectivity index (χ0v) is 14.7. The summed E-state index contributed by atoms with van der Waals surface area (Å²) >= 11 is 0. The standard InChI is InChI=1S/C24H21NO/c1-2-7-22-18(4-1)19-5-3-6-20(23(19)26-22)21-14-17(10-13-25-21)24-11-8-16(15-24)9-12-24/h1-7,10,13-14,16H,8-9,11-12,15H2. The van der Waals surface area contributed by atoms with E-state index in [2.05, 4.69) is 42.5 Å². The molecular weight excluding hydrogens is 318 g/mol. The minimum Gasteiger partial charge on any atom is -0.455 e. The molecule has 0 radical (unpaired) electrons. The van der Waals surface area contributed by atoms with Crippen molar-refractivity contribution < 1.29 is 4.42 Å². The second-order valence-electron chi connectivity index (χ2n) is 8.14. The fraction of sp³-hybridized carbons (Fsp3) is 0.292. The number of hydrogen-bond donors (Lipinski definition) is 0. The third-order valence-electron chi connectivity index (χ3n) is 6.79. The summed E-state index contributed by atoms with van der Waals surface area (Å²) in [5.41, 5.74) is 5.92. The van der Waals surface area contributed by atoms with Crippen LogP contribution in [0.1, 0.15) is 37.7 Å². The molecule has 0 saturated heterocycles. The van der Waals surface area contributed by atoms with E-state index < -0.39 is 0 Å². The second kappa shape index (κ2) is 5.20. The Hall–Kier alpha value is -2.61. The fourth-order valence-electron chi connectivity index (χ4n) is 5.45. The molecule has 2 aliphatic carbocycles. The molecule has 0 unspecified atom stereocenters. The van der Waals surface area contributed by atoms with Gasteiger partial charge >= 0.3 is 0 Å². The maximum absolute atomic E-state index is 6.22. The summed E-state index contributed by atoms with van der Waals surface area (Å²) in [4.78, 5) is 4.72. The van der Waals surface area contributed by atoms with Crippen LogP contribution in [0, 0.1) is 5.92 Å². The van der Waals surface area contributed by atoms with Crippen LogP contribution in [0.4, 0.5) is 0 Å². The fourth-order valence-corrected chi connectivity index (χ4v) is 5.45. The monoisotopic (exact) mass is 339 g/mol. The molecule has 0 amide bonds. The van der Waals surface area contributed by atoms with Crippen LogP contribution >= 0.6 is 0 Å². The summed E-state index contributed by atoms with van der Waals surface area (Å²) in [7, 11) is 0. The molecule has 0 N–H and O–H groups in total. The highest BCUT2D eigenvalue weighted by atomic mass is 16.3. The predicted octanol–water partition coefficient (Wildman–Crippen LogP) is 6.48. The molecule has 6 rings (SSSR count). The van der Waals surface area contributed by atoms with Gasteiger partial charge in [0.15, 0.2) is 0 Å². The van der Waals surface area contributed by atoms with Gasteiger partial charge in [-0.2, -0.15) is 0 Å². The van der Waals surface area contributed by atoms with Crippen LogP contribution in [-0.2, 0) is 5.41 Å². The summed E-state index contributed by atoms with van der Waals surface area (Å²) in [5, 5.41) is 2.35. The van der Waals surface area contributed by atoms with Gasteiger partial charge in [-0.25, -0.2) is 0 Å². The van der Waals surface area contributed by atoms with Gasteiger partial charge in [0, 0.05) is 22.5 Å². The molecule has 2 nitrogen and oxygen atoms in total. The van der Waals surface area contributed by atoms with Crippen molar-refractivity contribution in [1.29, 1.82) is 0 Å². The highest BCUT2D eigenvalue weighted by Gasteiger charge is 2.45. The van der Waals surface area contributed by atoms with E-state index in [0.29, 0.717) is 5.41 Å². The van der Waals surface area contributed by atoms with Gasteiger partial charge in [0.2, 0.25) is 0 Å². The summed E-state index contributed by atoms with van der Waals surface area (Å²) in [6.45, 7) is 0. The van der Waals surface area contributed by atoms with Crippen LogP contribution in [0.15, 0.2) is 65.2 Å². The van der Waals surface area contributed by atoms with Crippen molar-refractivity contribution >= 4 is 21.9 Å². The Morgan fingerprint density at radius 2 is 1.77 bits per heavy atom. The third-order valence-corrected chi connectivity index (χ3v) is 6.79. The molecule has 128 valence electrons. The molecule has 26 heavy (non-hydrogen) atoms. The van der Waals surface area contributed by atoms with E-state index in [4.69, 9.17) is 9.40 Å². The molecule has 0 atom stereocenters. The number of fused-ring (bicyclic) bond motifs is 5. The minimum absolute atomic E-state index is 0.407. The zero-order valence-electron chi connectivity index (χ0n) is 14.7. The first-order chi connectivity index (χ1) is 12.8. The van der Waals surface area contributed by atoms with Crippen molar-refractivity contribution in [3.8, 4) is 11.3 Å². The number of aromatic nitrogens is 1.